The second-order valence-electron chi connectivity index (χ2n) is 18.1. The first-order valence-corrected chi connectivity index (χ1v) is 22.0. The van der Waals surface area contributed by atoms with E-state index >= 15 is 0 Å². The molecular weight excluding hydrogens is 749 g/mol. The van der Waals surface area contributed by atoms with Gasteiger partial charge in [0.2, 0.25) is 0 Å². The van der Waals surface area contributed by atoms with Crippen LogP contribution in [0.1, 0.15) is 51.7 Å². The Bertz CT molecular complexity index is 2960. The van der Waals surface area contributed by atoms with E-state index < -0.39 is 0 Å². The summed E-state index contributed by atoms with van der Waals surface area (Å²) in [5.74, 6) is 0. The molecule has 0 aromatic heterocycles. The van der Waals surface area contributed by atoms with Crippen molar-refractivity contribution >= 4 is 44.9 Å². The molecule has 0 spiro atoms. The summed E-state index contributed by atoms with van der Waals surface area (Å²) in [4.78, 5) is 4.67. The van der Waals surface area contributed by atoms with Crippen molar-refractivity contribution in [2.75, 3.05) is 9.80 Å². The first kappa shape index (κ1) is 39.0. The van der Waals surface area contributed by atoms with Gasteiger partial charge in [0.25, 0.3) is 0 Å². The molecule has 302 valence electrons. The van der Waals surface area contributed by atoms with Crippen LogP contribution in [0.2, 0.25) is 0 Å². The number of rotatable bonds is 9. The van der Waals surface area contributed by atoms with Crippen LogP contribution in [0.25, 0.3) is 44.2 Å². The Kier molecular flexibility index (Phi) is 10.1. The predicted molar refractivity (Wildman–Crippen MR) is 265 cm³/mol. The molecule has 9 aromatic rings. The van der Waals surface area contributed by atoms with Crippen LogP contribution >= 0.6 is 0 Å². The van der Waals surface area contributed by atoms with Gasteiger partial charge in [-0.1, -0.05) is 173 Å². The predicted octanol–water partition coefficient (Wildman–Crippen LogP) is 17.1. The van der Waals surface area contributed by atoms with Crippen molar-refractivity contribution in [3.05, 3.63) is 230 Å². The lowest BCUT2D eigenvalue weighted by atomic mass is 9.63. The number of hydrogen-bond donors (Lipinski definition) is 0. The normalized spacial score (nSPS) is 13.9. The Morgan fingerprint density at radius 1 is 0.306 bits per heavy atom. The summed E-state index contributed by atoms with van der Waals surface area (Å²) in [6.45, 7) is 9.59. The van der Waals surface area contributed by atoms with E-state index in [0.29, 0.717) is 0 Å². The van der Waals surface area contributed by atoms with Crippen LogP contribution < -0.4 is 9.80 Å². The fraction of sp³-hybridized carbons (Fsp3) is 0.133. The van der Waals surface area contributed by atoms with Gasteiger partial charge < -0.3 is 9.80 Å². The smallest absolute Gasteiger partial charge is 0.0462 e. The minimum absolute atomic E-state index is 0.175. The molecule has 0 saturated heterocycles. The zero-order valence-electron chi connectivity index (χ0n) is 36.1. The van der Waals surface area contributed by atoms with Gasteiger partial charge in [-0.15, -0.1) is 0 Å². The summed E-state index contributed by atoms with van der Waals surface area (Å²) >= 11 is 0. The van der Waals surface area contributed by atoms with Gasteiger partial charge >= 0.3 is 0 Å². The summed E-state index contributed by atoms with van der Waals surface area (Å²) in [5.41, 5.74) is 17.4. The third-order valence-electron chi connectivity index (χ3n) is 13.2. The minimum Gasteiger partial charge on any atom is -0.311 e. The molecule has 0 radical (unpaired) electrons. The zero-order chi connectivity index (χ0) is 42.3. The van der Waals surface area contributed by atoms with Crippen molar-refractivity contribution < 1.29 is 0 Å². The number of fused-ring (bicyclic) bond motifs is 2. The van der Waals surface area contributed by atoms with Crippen molar-refractivity contribution in [3.63, 3.8) is 0 Å². The lowest BCUT2D eigenvalue weighted by molar-refractivity contribution is 0.332. The Labute approximate surface area is 367 Å². The zero-order valence-corrected chi connectivity index (χ0v) is 36.1. The second-order valence-corrected chi connectivity index (χ2v) is 18.1. The molecule has 10 rings (SSSR count). The molecule has 1 aliphatic carbocycles. The van der Waals surface area contributed by atoms with E-state index in [1.165, 1.54) is 68.1 Å². The second kappa shape index (κ2) is 16.0. The Morgan fingerprint density at radius 3 is 1.18 bits per heavy atom. The fourth-order valence-corrected chi connectivity index (χ4v) is 9.49. The molecule has 0 N–H and O–H groups in total. The molecule has 0 saturated carbocycles. The molecule has 1 aliphatic rings. The topological polar surface area (TPSA) is 6.48 Å². The van der Waals surface area contributed by atoms with Crippen LogP contribution in [0.5, 0.6) is 0 Å². The van der Waals surface area contributed by atoms with Gasteiger partial charge in [0.15, 0.2) is 0 Å². The van der Waals surface area contributed by atoms with E-state index in [1.54, 1.807) is 0 Å². The SMILES string of the molecule is CC1(C)CCC(C)(C)c2cc(-c3ccc(N(c4ccccc4)c4ccc(-c5ccc(N(c6ccccc6)c6ccc(-c7cccc8ccccc78)cc6)cc5)cc4)cc3)ccc21. The lowest BCUT2D eigenvalue weighted by Crippen LogP contribution is -2.33. The Balaban J connectivity index is 0.924. The number of anilines is 6. The largest absolute Gasteiger partial charge is 0.311 e. The standard InChI is InChI=1S/C60H52N2/c1-59(2)40-41-60(3,4)58-42-48(30-39-57(58)59)45-26-35-53(36-27-45)61(49-16-7-5-8-17-49)51-31-22-43(23-32-51)44-24-33-52(34-25-44)62(50-18-9-6-10-19-50)54-37-28-47(29-38-54)56-21-13-15-46-14-11-12-20-55(46)56/h5-39,42H,40-41H2,1-4H3. The van der Waals surface area contributed by atoms with Gasteiger partial charge in [-0.05, 0) is 152 Å². The summed E-state index contributed by atoms with van der Waals surface area (Å²) in [5, 5.41) is 2.52. The monoisotopic (exact) mass is 800 g/mol. The minimum atomic E-state index is 0.175. The highest BCUT2D eigenvalue weighted by atomic mass is 15.1. The molecule has 0 atom stereocenters. The van der Waals surface area contributed by atoms with Gasteiger partial charge in [-0.3, -0.25) is 0 Å². The lowest BCUT2D eigenvalue weighted by Gasteiger charge is -2.42. The van der Waals surface area contributed by atoms with Crippen LogP contribution in [-0.2, 0) is 10.8 Å². The molecule has 0 aliphatic heterocycles. The molecule has 62 heavy (non-hydrogen) atoms. The molecule has 0 bridgehead atoms. The first-order valence-electron chi connectivity index (χ1n) is 22.0. The Morgan fingerprint density at radius 2 is 0.677 bits per heavy atom. The highest BCUT2D eigenvalue weighted by Gasteiger charge is 2.37. The van der Waals surface area contributed by atoms with E-state index in [0.717, 1.165) is 34.1 Å². The maximum atomic E-state index is 2.45. The summed E-state index contributed by atoms with van der Waals surface area (Å²) in [6, 6.07) is 79.5. The maximum Gasteiger partial charge on any atom is 0.0462 e. The van der Waals surface area contributed by atoms with Gasteiger partial charge in [-0.25, -0.2) is 0 Å². The number of nitrogens with zero attached hydrogens (tertiary/aromatic N) is 2. The van der Waals surface area contributed by atoms with Gasteiger partial charge in [-0.2, -0.15) is 0 Å². The summed E-state index contributed by atoms with van der Waals surface area (Å²) in [6.07, 6.45) is 2.43. The molecule has 0 amide bonds. The van der Waals surface area contributed by atoms with Crippen molar-refractivity contribution in [1.82, 2.24) is 0 Å². The van der Waals surface area contributed by atoms with Gasteiger partial charge in [0.1, 0.15) is 0 Å². The molecule has 9 aromatic carbocycles. The fourth-order valence-electron chi connectivity index (χ4n) is 9.49. The molecular formula is C60H52N2. The van der Waals surface area contributed by atoms with E-state index in [1.807, 2.05) is 0 Å². The molecule has 0 unspecified atom stereocenters. The molecule has 2 heteroatoms. The van der Waals surface area contributed by atoms with Crippen LogP contribution in [0, 0.1) is 0 Å². The number of hydrogen-bond acceptors (Lipinski definition) is 2. The van der Waals surface area contributed by atoms with Crippen molar-refractivity contribution in [3.8, 4) is 33.4 Å². The van der Waals surface area contributed by atoms with Crippen LogP contribution in [0.15, 0.2) is 218 Å². The van der Waals surface area contributed by atoms with E-state index in [9.17, 15) is 0 Å². The summed E-state index contributed by atoms with van der Waals surface area (Å²) in [7, 11) is 0. The van der Waals surface area contributed by atoms with E-state index in [2.05, 4.69) is 256 Å². The van der Waals surface area contributed by atoms with Crippen molar-refractivity contribution in [1.29, 1.82) is 0 Å². The average Bonchev–Trinajstić information content (AvgIpc) is 3.32. The molecule has 2 nitrogen and oxygen atoms in total. The first-order chi connectivity index (χ1) is 30.2. The van der Waals surface area contributed by atoms with Crippen LogP contribution in [0.4, 0.5) is 34.1 Å². The van der Waals surface area contributed by atoms with E-state index in [-0.39, 0.29) is 10.8 Å². The van der Waals surface area contributed by atoms with Crippen molar-refractivity contribution in [2.45, 2.75) is 51.4 Å². The third kappa shape index (κ3) is 7.47. The van der Waals surface area contributed by atoms with Crippen LogP contribution in [-0.4, -0.2) is 0 Å². The maximum absolute atomic E-state index is 2.45. The highest BCUT2D eigenvalue weighted by molar-refractivity contribution is 5.97. The van der Waals surface area contributed by atoms with Gasteiger partial charge in [0, 0.05) is 34.1 Å². The molecule has 0 heterocycles. The highest BCUT2D eigenvalue weighted by Crippen LogP contribution is 2.47. The summed E-state index contributed by atoms with van der Waals surface area (Å²) < 4.78 is 0. The average molecular weight is 801 g/mol. The molecule has 0 fully saturated rings. The van der Waals surface area contributed by atoms with Crippen molar-refractivity contribution in [2.24, 2.45) is 0 Å². The van der Waals surface area contributed by atoms with E-state index in [4.69, 9.17) is 0 Å². The number of para-hydroxylation sites is 2. The Hall–Kier alpha value is -7.16. The quantitative estimate of drug-likeness (QED) is 0.143. The van der Waals surface area contributed by atoms with Gasteiger partial charge in [0.05, 0.1) is 0 Å². The number of benzene rings is 9. The van der Waals surface area contributed by atoms with Crippen LogP contribution in [0.3, 0.4) is 0 Å². The third-order valence-corrected chi connectivity index (χ3v) is 13.2.